The van der Waals surface area contributed by atoms with Crippen LogP contribution in [0.1, 0.15) is 35.0 Å². The minimum absolute atomic E-state index is 0.0932. The molecule has 1 fully saturated rings. The van der Waals surface area contributed by atoms with Gasteiger partial charge < -0.3 is 19.8 Å². The number of benzene rings is 2. The van der Waals surface area contributed by atoms with Crippen molar-refractivity contribution in [1.82, 2.24) is 9.55 Å². The van der Waals surface area contributed by atoms with Crippen LogP contribution in [0.2, 0.25) is 0 Å². The number of aromatic amines is 1. The molecule has 174 valence electrons. The highest BCUT2D eigenvalue weighted by molar-refractivity contribution is 6.00. The summed E-state index contributed by atoms with van der Waals surface area (Å²) >= 11 is 0. The standard InChI is InChI=1S/C24H27N3O6/c1-26(2)18-7-5-14-9-16(4-3-15(14)10-18)19(29)8-6-17-12-27(24(32)25-23(17)31)22-11-20(30)21(13-28)33-22/h3-5,7,9-10,12,20-22,28,30H,6,8,11,13H2,1-2H3,(H,25,31,32)/t20?,21-,22-/m1/s1. The molecule has 1 unspecified atom stereocenters. The molecule has 0 spiro atoms. The van der Waals surface area contributed by atoms with Gasteiger partial charge in [0, 0.05) is 49.9 Å². The molecule has 2 heterocycles. The second-order valence-electron chi connectivity index (χ2n) is 8.50. The summed E-state index contributed by atoms with van der Waals surface area (Å²) in [6.45, 7) is -0.376. The first kappa shape index (κ1) is 22.9. The molecule has 4 rings (SSSR count). The quantitative estimate of drug-likeness (QED) is 0.459. The molecule has 0 aliphatic carbocycles. The number of carbonyl (C=O) groups is 1. The van der Waals surface area contributed by atoms with E-state index in [9.17, 15) is 24.6 Å². The number of nitrogens with zero attached hydrogens (tertiary/aromatic N) is 2. The lowest BCUT2D eigenvalue weighted by Crippen LogP contribution is -2.34. The third kappa shape index (κ3) is 4.75. The fourth-order valence-electron chi connectivity index (χ4n) is 4.05. The number of aliphatic hydroxyl groups is 2. The average molecular weight is 453 g/mol. The van der Waals surface area contributed by atoms with Crippen molar-refractivity contribution in [2.75, 3.05) is 25.6 Å². The summed E-state index contributed by atoms with van der Waals surface area (Å²) in [5, 5.41) is 21.2. The predicted molar refractivity (Wildman–Crippen MR) is 124 cm³/mol. The van der Waals surface area contributed by atoms with E-state index in [1.165, 1.54) is 10.8 Å². The zero-order chi connectivity index (χ0) is 23.7. The number of aliphatic hydroxyl groups excluding tert-OH is 2. The van der Waals surface area contributed by atoms with Crippen molar-refractivity contribution in [2.24, 2.45) is 0 Å². The topological polar surface area (TPSA) is 125 Å². The maximum Gasteiger partial charge on any atom is 0.330 e. The average Bonchev–Trinajstić information content (AvgIpc) is 3.17. The lowest BCUT2D eigenvalue weighted by molar-refractivity contribution is -0.0460. The number of rotatable bonds is 7. The molecule has 0 saturated carbocycles. The minimum Gasteiger partial charge on any atom is -0.394 e. The van der Waals surface area contributed by atoms with E-state index in [2.05, 4.69) is 11.1 Å². The van der Waals surface area contributed by atoms with Crippen molar-refractivity contribution in [3.63, 3.8) is 0 Å². The van der Waals surface area contributed by atoms with Crippen LogP contribution in [0.25, 0.3) is 10.8 Å². The van der Waals surface area contributed by atoms with E-state index in [0.29, 0.717) is 5.56 Å². The van der Waals surface area contributed by atoms with Crippen LogP contribution in [-0.4, -0.2) is 58.5 Å². The molecule has 9 heteroatoms. The largest absolute Gasteiger partial charge is 0.394 e. The van der Waals surface area contributed by atoms with Crippen LogP contribution < -0.4 is 16.1 Å². The van der Waals surface area contributed by atoms with E-state index < -0.39 is 29.7 Å². The fraction of sp³-hybridized carbons (Fsp3) is 0.375. The van der Waals surface area contributed by atoms with Gasteiger partial charge in [0.1, 0.15) is 12.3 Å². The van der Waals surface area contributed by atoms with Crippen LogP contribution in [0.4, 0.5) is 5.69 Å². The van der Waals surface area contributed by atoms with Gasteiger partial charge in [-0.25, -0.2) is 4.79 Å². The van der Waals surface area contributed by atoms with Crippen molar-refractivity contribution in [3.8, 4) is 0 Å². The number of anilines is 1. The number of H-pyrrole nitrogens is 1. The zero-order valence-corrected chi connectivity index (χ0v) is 18.5. The number of fused-ring (bicyclic) bond motifs is 1. The van der Waals surface area contributed by atoms with E-state index in [1.54, 1.807) is 6.07 Å². The van der Waals surface area contributed by atoms with Crippen LogP contribution in [-0.2, 0) is 11.2 Å². The van der Waals surface area contributed by atoms with E-state index in [0.717, 1.165) is 16.5 Å². The van der Waals surface area contributed by atoms with Crippen LogP contribution >= 0.6 is 0 Å². The van der Waals surface area contributed by atoms with Gasteiger partial charge in [0.15, 0.2) is 5.78 Å². The van der Waals surface area contributed by atoms with Gasteiger partial charge >= 0.3 is 5.69 Å². The fourth-order valence-corrected chi connectivity index (χ4v) is 4.05. The zero-order valence-electron chi connectivity index (χ0n) is 18.5. The van der Waals surface area contributed by atoms with Crippen LogP contribution in [0.5, 0.6) is 0 Å². The number of ketones is 1. The lowest BCUT2D eigenvalue weighted by atomic mass is 10.0. The van der Waals surface area contributed by atoms with Gasteiger partial charge in [0.25, 0.3) is 5.56 Å². The molecular weight excluding hydrogens is 426 g/mol. The molecule has 33 heavy (non-hydrogen) atoms. The molecule has 3 aromatic rings. The smallest absolute Gasteiger partial charge is 0.330 e. The summed E-state index contributed by atoms with van der Waals surface area (Å²) in [7, 11) is 3.94. The maximum atomic E-state index is 12.8. The molecule has 3 N–H and O–H groups in total. The van der Waals surface area contributed by atoms with Gasteiger partial charge in [-0.2, -0.15) is 0 Å². The van der Waals surface area contributed by atoms with Crippen molar-refractivity contribution < 1.29 is 19.7 Å². The van der Waals surface area contributed by atoms with Gasteiger partial charge in [0.2, 0.25) is 0 Å². The van der Waals surface area contributed by atoms with Crippen molar-refractivity contribution >= 4 is 22.2 Å². The molecule has 1 aromatic heterocycles. The lowest BCUT2D eigenvalue weighted by Gasteiger charge is -2.15. The van der Waals surface area contributed by atoms with Crippen molar-refractivity contribution in [1.29, 1.82) is 0 Å². The molecule has 1 saturated heterocycles. The molecule has 9 nitrogen and oxygen atoms in total. The summed E-state index contributed by atoms with van der Waals surface area (Å²) < 4.78 is 6.71. The van der Waals surface area contributed by atoms with Gasteiger partial charge in [-0.3, -0.25) is 19.1 Å². The number of hydrogen-bond donors (Lipinski definition) is 3. The number of nitrogens with one attached hydrogen (secondary N) is 1. The predicted octanol–water partition coefficient (Wildman–Crippen LogP) is 1.21. The summed E-state index contributed by atoms with van der Waals surface area (Å²) in [6, 6.07) is 11.5. The maximum absolute atomic E-state index is 12.8. The van der Waals surface area contributed by atoms with Gasteiger partial charge in [0.05, 0.1) is 12.7 Å². The number of aromatic nitrogens is 2. The summed E-state index contributed by atoms with van der Waals surface area (Å²) in [4.78, 5) is 41.6. The van der Waals surface area contributed by atoms with E-state index in [4.69, 9.17) is 4.74 Å². The third-order valence-corrected chi connectivity index (χ3v) is 6.02. The van der Waals surface area contributed by atoms with E-state index >= 15 is 0 Å². The molecular formula is C24H27N3O6. The number of Topliss-reactive ketones (excluding diaryl/α,β-unsaturated/α-hetero) is 1. The van der Waals surface area contributed by atoms with E-state index in [-0.39, 0.29) is 37.2 Å². The van der Waals surface area contributed by atoms with Gasteiger partial charge in [-0.1, -0.05) is 18.2 Å². The van der Waals surface area contributed by atoms with E-state index in [1.807, 2.05) is 43.3 Å². The van der Waals surface area contributed by atoms with Crippen molar-refractivity contribution in [3.05, 3.63) is 74.6 Å². The molecule has 0 bridgehead atoms. The first-order valence-electron chi connectivity index (χ1n) is 10.8. The summed E-state index contributed by atoms with van der Waals surface area (Å²) in [5.74, 6) is -0.112. The summed E-state index contributed by atoms with van der Waals surface area (Å²) in [6.07, 6.45) is -0.785. The minimum atomic E-state index is -0.912. The third-order valence-electron chi connectivity index (χ3n) is 6.02. The Hall–Kier alpha value is -3.27. The molecule has 0 amide bonds. The molecule has 1 aliphatic heterocycles. The Kier molecular flexibility index (Phi) is 6.46. The van der Waals surface area contributed by atoms with Gasteiger partial charge in [-0.05, 0) is 35.4 Å². The molecule has 1 aliphatic rings. The SMILES string of the molecule is CN(C)c1ccc2cc(C(=O)CCc3cn([C@H]4CC(O)[C@@H](CO)O4)c(=O)[nH]c3=O)ccc2c1. The van der Waals surface area contributed by atoms with Crippen molar-refractivity contribution in [2.45, 2.75) is 37.7 Å². The van der Waals surface area contributed by atoms with Crippen LogP contribution in [0.3, 0.4) is 0 Å². The molecule has 2 aromatic carbocycles. The Morgan fingerprint density at radius 2 is 1.91 bits per heavy atom. The highest BCUT2D eigenvalue weighted by Crippen LogP contribution is 2.27. The first-order valence-corrected chi connectivity index (χ1v) is 10.8. The second kappa shape index (κ2) is 9.30. The Morgan fingerprint density at radius 1 is 1.18 bits per heavy atom. The number of ether oxygens (including phenoxy) is 1. The first-order chi connectivity index (χ1) is 15.8. The number of hydrogen-bond acceptors (Lipinski definition) is 7. The number of carbonyl (C=O) groups excluding carboxylic acids is 1. The highest BCUT2D eigenvalue weighted by atomic mass is 16.5. The normalized spacial score (nSPS) is 20.3. The van der Waals surface area contributed by atoms with Crippen LogP contribution in [0, 0.1) is 0 Å². The Balaban J connectivity index is 1.51. The Labute approximate surface area is 189 Å². The molecule has 0 radical (unpaired) electrons. The highest BCUT2D eigenvalue weighted by Gasteiger charge is 2.35. The van der Waals surface area contributed by atoms with Crippen LogP contribution in [0.15, 0.2) is 52.2 Å². The van der Waals surface area contributed by atoms with Gasteiger partial charge in [-0.15, -0.1) is 0 Å². The Morgan fingerprint density at radius 3 is 2.61 bits per heavy atom. The molecule has 3 atom stereocenters. The Bertz CT molecular complexity index is 1300. The number of aryl methyl sites for hydroxylation is 1. The summed E-state index contributed by atoms with van der Waals surface area (Å²) in [5.41, 5.74) is 0.663. The second-order valence-corrected chi connectivity index (χ2v) is 8.50. The monoisotopic (exact) mass is 453 g/mol.